The topological polar surface area (TPSA) is 126 Å². The Labute approximate surface area is 186 Å². The van der Waals surface area contributed by atoms with E-state index in [1.54, 1.807) is 6.92 Å². The van der Waals surface area contributed by atoms with Gasteiger partial charge in [0.2, 0.25) is 0 Å². The number of imide groups is 1. The van der Waals surface area contributed by atoms with Crippen LogP contribution in [0.1, 0.15) is 19.8 Å². The molecule has 0 radical (unpaired) electrons. The fraction of sp³-hybridized carbons (Fsp3) is 0.350. The van der Waals surface area contributed by atoms with Crippen LogP contribution in [0.5, 0.6) is 0 Å². The molecule has 12 heteroatoms. The van der Waals surface area contributed by atoms with Gasteiger partial charge in [-0.2, -0.15) is 0 Å². The van der Waals surface area contributed by atoms with Gasteiger partial charge in [0.15, 0.2) is 0 Å². The fourth-order valence-electron chi connectivity index (χ4n) is 3.26. The molecule has 2 aromatic rings. The quantitative estimate of drug-likeness (QED) is 0.535. The van der Waals surface area contributed by atoms with Crippen LogP contribution >= 0.6 is 11.3 Å². The van der Waals surface area contributed by atoms with Crippen LogP contribution in [0, 0.1) is 11.6 Å². The van der Waals surface area contributed by atoms with Gasteiger partial charge >= 0.3 is 18.2 Å². The third-order valence-electron chi connectivity index (χ3n) is 4.72. The first-order valence-corrected chi connectivity index (χ1v) is 10.8. The van der Waals surface area contributed by atoms with Crippen molar-refractivity contribution in [2.75, 3.05) is 29.9 Å². The lowest BCUT2D eigenvalue weighted by atomic mass is 10.1. The lowest BCUT2D eigenvalue weighted by Crippen LogP contribution is -2.53. The Hall–Kier alpha value is -3.25. The van der Waals surface area contributed by atoms with Crippen LogP contribution in [0.4, 0.5) is 34.5 Å². The summed E-state index contributed by atoms with van der Waals surface area (Å²) in [4.78, 5) is 37.2. The third-order valence-corrected chi connectivity index (χ3v) is 5.69. The second-order valence-electron chi connectivity index (χ2n) is 7.00. The Bertz CT molecular complexity index is 987. The molecule has 1 aromatic heterocycles. The zero-order valence-electron chi connectivity index (χ0n) is 17.2. The number of nitrogens with one attached hydrogen (secondary N) is 3. The smallest absolute Gasteiger partial charge is 0.411 e. The van der Waals surface area contributed by atoms with Crippen LogP contribution in [-0.2, 0) is 4.74 Å². The Morgan fingerprint density at radius 2 is 2.00 bits per heavy atom. The Kier molecular flexibility index (Phi) is 7.59. The van der Waals surface area contributed by atoms with Crippen molar-refractivity contribution in [1.29, 1.82) is 0 Å². The molecular formula is C20H23F2N5O4S. The molecule has 0 spiro atoms. The minimum Gasteiger partial charge on any atom is -0.450 e. The lowest BCUT2D eigenvalue weighted by Gasteiger charge is -2.26. The summed E-state index contributed by atoms with van der Waals surface area (Å²) < 4.78 is 33.5. The minimum absolute atomic E-state index is 0.0479. The van der Waals surface area contributed by atoms with Crippen LogP contribution < -0.4 is 26.6 Å². The molecule has 0 bridgehead atoms. The highest BCUT2D eigenvalue weighted by Gasteiger charge is 2.26. The number of halogens is 2. The number of thiophene rings is 1. The van der Waals surface area contributed by atoms with Crippen LogP contribution in [0.3, 0.4) is 0 Å². The van der Waals surface area contributed by atoms with E-state index in [1.165, 1.54) is 11.4 Å². The number of hydrogen-bond acceptors (Lipinski definition) is 6. The number of primary amides is 1. The van der Waals surface area contributed by atoms with Crippen molar-refractivity contribution in [3.05, 3.63) is 35.2 Å². The van der Waals surface area contributed by atoms with E-state index in [0.29, 0.717) is 11.4 Å². The minimum atomic E-state index is -1.00. The van der Waals surface area contributed by atoms with E-state index in [2.05, 4.69) is 15.4 Å². The molecule has 172 valence electrons. The van der Waals surface area contributed by atoms with Crippen molar-refractivity contribution in [1.82, 2.24) is 10.6 Å². The van der Waals surface area contributed by atoms with E-state index < -0.39 is 35.5 Å². The van der Waals surface area contributed by atoms with Crippen molar-refractivity contribution >= 4 is 40.9 Å². The van der Waals surface area contributed by atoms with Gasteiger partial charge in [-0.1, -0.05) is 0 Å². The normalized spacial score (nSPS) is 15.7. The number of piperidine rings is 1. The van der Waals surface area contributed by atoms with Gasteiger partial charge in [0, 0.05) is 22.8 Å². The molecule has 1 unspecified atom stereocenters. The van der Waals surface area contributed by atoms with Gasteiger partial charge in [-0.25, -0.2) is 28.1 Å². The van der Waals surface area contributed by atoms with Crippen LogP contribution in [-0.4, -0.2) is 43.9 Å². The molecule has 1 aliphatic rings. The maximum Gasteiger partial charge on any atom is 0.411 e. The summed E-state index contributed by atoms with van der Waals surface area (Å²) in [5.74, 6) is -2.00. The number of benzene rings is 1. The van der Waals surface area contributed by atoms with E-state index in [-0.39, 0.29) is 23.9 Å². The lowest BCUT2D eigenvalue weighted by molar-refractivity contribution is 0.167. The highest BCUT2D eigenvalue weighted by Crippen LogP contribution is 2.34. The maximum atomic E-state index is 14.4. The number of nitrogens with zero attached hydrogens (tertiary/aromatic N) is 1. The zero-order chi connectivity index (χ0) is 23.3. The molecule has 5 N–H and O–H groups in total. The Morgan fingerprint density at radius 1 is 1.28 bits per heavy atom. The molecule has 0 aliphatic carbocycles. The molecule has 32 heavy (non-hydrogen) atoms. The zero-order valence-corrected chi connectivity index (χ0v) is 18.1. The van der Waals surface area contributed by atoms with Gasteiger partial charge in [0.1, 0.15) is 17.3 Å². The summed E-state index contributed by atoms with van der Waals surface area (Å²) in [7, 11) is 0. The van der Waals surface area contributed by atoms with E-state index in [0.717, 1.165) is 47.8 Å². The first-order valence-electron chi connectivity index (χ1n) is 9.92. The molecule has 5 amide bonds. The predicted octanol–water partition coefficient (Wildman–Crippen LogP) is 3.61. The first-order chi connectivity index (χ1) is 15.3. The number of rotatable bonds is 5. The third kappa shape index (κ3) is 5.51. The molecule has 1 fully saturated rings. The second-order valence-corrected chi connectivity index (χ2v) is 7.91. The van der Waals surface area contributed by atoms with E-state index in [4.69, 9.17) is 5.73 Å². The number of carbonyl (C=O) groups is 3. The molecule has 1 saturated heterocycles. The van der Waals surface area contributed by atoms with Crippen LogP contribution in [0.2, 0.25) is 0 Å². The highest BCUT2D eigenvalue weighted by atomic mass is 32.1. The Balaban J connectivity index is 1.80. The van der Waals surface area contributed by atoms with E-state index >= 15 is 0 Å². The van der Waals surface area contributed by atoms with Crippen molar-refractivity contribution < 1.29 is 27.9 Å². The number of carbonyl (C=O) groups excluding carboxylic acids is 3. The van der Waals surface area contributed by atoms with Gasteiger partial charge < -0.3 is 21.1 Å². The summed E-state index contributed by atoms with van der Waals surface area (Å²) >= 11 is 1.07. The standard InChI is InChI=1S/C20H23F2N5O4S/c1-2-31-20(30)26-17-14(21)6-11(7-15(17)22)16-8-13(10-32-16)27(18(23)28)19(29)25-12-4-3-5-24-9-12/h6-8,10,12,24H,2-5,9H2,1H3,(H2,23,28)(H,25,29)(H,26,30). The second kappa shape index (κ2) is 10.4. The largest absolute Gasteiger partial charge is 0.450 e. The van der Waals surface area contributed by atoms with Gasteiger partial charge in [-0.3, -0.25) is 5.32 Å². The van der Waals surface area contributed by atoms with E-state index in [9.17, 15) is 23.2 Å². The van der Waals surface area contributed by atoms with Crippen molar-refractivity contribution in [3.8, 4) is 10.4 Å². The average molecular weight is 467 g/mol. The Morgan fingerprint density at radius 3 is 2.59 bits per heavy atom. The summed E-state index contributed by atoms with van der Waals surface area (Å²) in [6.07, 6.45) is 0.681. The van der Waals surface area contributed by atoms with Crippen LogP contribution in [0.25, 0.3) is 10.4 Å². The first kappa shape index (κ1) is 23.4. The molecule has 9 nitrogen and oxygen atoms in total. The number of hydrogen-bond donors (Lipinski definition) is 4. The average Bonchev–Trinajstić information content (AvgIpc) is 3.21. The number of amides is 5. The summed E-state index contributed by atoms with van der Waals surface area (Å²) in [6.45, 7) is 3.05. The number of nitrogens with two attached hydrogens (primary N) is 1. The SMILES string of the molecule is CCOC(=O)Nc1c(F)cc(-c2cc(N(C(N)=O)C(=O)NC3CCCNC3)cs2)cc1F. The molecule has 3 rings (SSSR count). The number of ether oxygens (including phenoxy) is 1. The monoisotopic (exact) mass is 467 g/mol. The van der Waals surface area contributed by atoms with Gasteiger partial charge in [0.05, 0.1) is 12.3 Å². The highest BCUT2D eigenvalue weighted by molar-refractivity contribution is 7.14. The molecule has 0 saturated carbocycles. The number of urea groups is 2. The molecule has 1 atom stereocenters. The molecular weight excluding hydrogens is 444 g/mol. The van der Waals surface area contributed by atoms with Crippen LogP contribution in [0.15, 0.2) is 23.6 Å². The van der Waals surface area contributed by atoms with Gasteiger partial charge in [0.25, 0.3) is 0 Å². The van der Waals surface area contributed by atoms with E-state index in [1.807, 2.05) is 5.32 Å². The maximum absolute atomic E-state index is 14.4. The molecule has 1 aromatic carbocycles. The summed E-state index contributed by atoms with van der Waals surface area (Å²) in [5.41, 5.74) is 5.10. The van der Waals surface area contributed by atoms with Crippen molar-refractivity contribution in [2.24, 2.45) is 5.73 Å². The van der Waals surface area contributed by atoms with Gasteiger partial charge in [-0.05, 0) is 50.1 Å². The predicted molar refractivity (Wildman–Crippen MR) is 117 cm³/mol. The molecule has 2 heterocycles. The van der Waals surface area contributed by atoms with Crippen molar-refractivity contribution in [2.45, 2.75) is 25.8 Å². The van der Waals surface area contributed by atoms with Crippen molar-refractivity contribution in [3.63, 3.8) is 0 Å². The summed E-state index contributed by atoms with van der Waals surface area (Å²) in [6, 6.07) is 1.69. The number of anilines is 2. The summed E-state index contributed by atoms with van der Waals surface area (Å²) in [5, 5.41) is 9.41. The fourth-order valence-corrected chi connectivity index (χ4v) is 4.12. The molecule has 1 aliphatic heterocycles. The van der Waals surface area contributed by atoms with Gasteiger partial charge in [-0.15, -0.1) is 11.3 Å².